The fourth-order valence-corrected chi connectivity index (χ4v) is 4.55. The second-order valence-corrected chi connectivity index (χ2v) is 9.04. The van der Waals surface area contributed by atoms with E-state index in [-0.39, 0.29) is 0 Å². The van der Waals surface area contributed by atoms with Crippen molar-refractivity contribution in [2.45, 2.75) is 12.6 Å². The highest BCUT2D eigenvalue weighted by atomic mass is 32.1. The van der Waals surface area contributed by atoms with Crippen molar-refractivity contribution < 1.29 is 22.7 Å². The van der Waals surface area contributed by atoms with Gasteiger partial charge in [0.1, 0.15) is 11.6 Å². The molecule has 0 saturated carbocycles. The normalized spacial score (nSPS) is 14.5. The number of hydrogen-bond donors (Lipinski definition) is 2. The average Bonchev–Trinajstić information content (AvgIpc) is 3.33. The maximum Gasteiger partial charge on any atom is 0.416 e. The van der Waals surface area contributed by atoms with Crippen LogP contribution in [0.1, 0.15) is 17.0 Å². The van der Waals surface area contributed by atoms with Crippen molar-refractivity contribution in [3.8, 4) is 5.75 Å². The first-order valence-corrected chi connectivity index (χ1v) is 12.2. The molecule has 2 aromatic carbocycles. The number of nitrogens with zero attached hydrogens (tertiary/aromatic N) is 4. The highest BCUT2D eigenvalue weighted by molar-refractivity contribution is 7.09. The van der Waals surface area contributed by atoms with Crippen molar-refractivity contribution in [3.63, 3.8) is 0 Å². The summed E-state index contributed by atoms with van der Waals surface area (Å²) in [6.07, 6.45) is -3.76. The van der Waals surface area contributed by atoms with Crippen LogP contribution in [0.4, 0.5) is 28.8 Å². The van der Waals surface area contributed by atoms with Gasteiger partial charge in [-0.1, -0.05) is 12.1 Å². The summed E-state index contributed by atoms with van der Waals surface area (Å²) >= 11 is 1.40. The fourth-order valence-electron chi connectivity index (χ4n) is 3.82. The summed E-state index contributed by atoms with van der Waals surface area (Å²) in [5, 5.41) is 6.20. The highest BCUT2D eigenvalue weighted by Crippen LogP contribution is 2.29. The third kappa shape index (κ3) is 7.08. The monoisotopic (exact) mass is 520 g/mol. The molecular weight excluding hydrogens is 493 g/mol. The van der Waals surface area contributed by atoms with E-state index in [9.17, 15) is 18.0 Å². The Bertz CT molecular complexity index is 1150. The number of nitrogens with one attached hydrogen (secondary N) is 2. The second kappa shape index (κ2) is 11.6. The first kappa shape index (κ1) is 25.7. The third-order valence-electron chi connectivity index (χ3n) is 5.78. The van der Waals surface area contributed by atoms with E-state index in [2.05, 4.69) is 24.8 Å². The number of urea groups is 1. The van der Waals surface area contributed by atoms with E-state index < -0.39 is 17.8 Å². The Kier molecular flexibility index (Phi) is 8.26. The summed E-state index contributed by atoms with van der Waals surface area (Å²) in [5.74, 6) is 1.60. The lowest BCUT2D eigenvalue weighted by Crippen LogP contribution is -2.48. The zero-order valence-corrected chi connectivity index (χ0v) is 20.5. The highest BCUT2D eigenvalue weighted by Gasteiger charge is 2.30. The molecule has 0 aliphatic carbocycles. The second-order valence-electron chi connectivity index (χ2n) is 8.31. The van der Waals surface area contributed by atoms with Crippen LogP contribution in [-0.4, -0.2) is 66.7 Å². The molecule has 4 rings (SSSR count). The lowest BCUT2D eigenvalue weighted by Gasteiger charge is -2.34. The van der Waals surface area contributed by atoms with Crippen LogP contribution >= 0.6 is 11.5 Å². The lowest BCUT2D eigenvalue weighted by molar-refractivity contribution is -0.137. The predicted molar refractivity (Wildman–Crippen MR) is 133 cm³/mol. The van der Waals surface area contributed by atoms with Gasteiger partial charge >= 0.3 is 12.2 Å². The minimum absolute atomic E-state index is 0.303. The van der Waals surface area contributed by atoms with Crippen LogP contribution in [-0.2, 0) is 12.6 Å². The number of hydrogen-bond acceptors (Lipinski definition) is 7. The van der Waals surface area contributed by atoms with Gasteiger partial charge < -0.3 is 20.3 Å². The molecule has 1 fully saturated rings. The first-order chi connectivity index (χ1) is 17.3. The number of rotatable bonds is 8. The number of aromatic nitrogens is 2. The molecule has 0 bridgehead atoms. The molecule has 0 unspecified atom stereocenters. The molecule has 1 aliphatic heterocycles. The zero-order chi connectivity index (χ0) is 25.5. The van der Waals surface area contributed by atoms with Gasteiger partial charge in [0.15, 0.2) is 0 Å². The number of piperazine rings is 1. The summed E-state index contributed by atoms with van der Waals surface area (Å²) < 4.78 is 47.7. The molecule has 12 heteroatoms. The van der Waals surface area contributed by atoms with Crippen LogP contribution in [0.25, 0.3) is 0 Å². The Morgan fingerprint density at radius 1 is 1.11 bits per heavy atom. The number of alkyl halides is 3. The van der Waals surface area contributed by atoms with Gasteiger partial charge in [-0.2, -0.15) is 17.5 Å². The van der Waals surface area contributed by atoms with Crippen LogP contribution in [0.2, 0.25) is 0 Å². The molecule has 2 amide bonds. The Labute approximate surface area is 211 Å². The van der Waals surface area contributed by atoms with Crippen molar-refractivity contribution in [2.24, 2.45) is 0 Å². The largest absolute Gasteiger partial charge is 0.497 e. The van der Waals surface area contributed by atoms with Crippen molar-refractivity contribution in [3.05, 3.63) is 65.5 Å². The quantitative estimate of drug-likeness (QED) is 0.466. The Balaban J connectivity index is 1.16. The third-order valence-corrected chi connectivity index (χ3v) is 6.60. The predicted octanol–water partition coefficient (Wildman–Crippen LogP) is 4.10. The van der Waals surface area contributed by atoms with Crippen LogP contribution in [0, 0.1) is 0 Å². The molecule has 2 heterocycles. The summed E-state index contributed by atoms with van der Waals surface area (Å²) in [5.41, 5.74) is 0.643. The van der Waals surface area contributed by atoms with E-state index in [1.807, 2.05) is 24.3 Å². The Morgan fingerprint density at radius 2 is 1.86 bits per heavy atom. The van der Waals surface area contributed by atoms with Gasteiger partial charge in [0.05, 0.1) is 12.7 Å². The topological polar surface area (TPSA) is 82.6 Å². The molecule has 2 N–H and O–H groups in total. The maximum atomic E-state index is 12.6. The Morgan fingerprint density at radius 3 is 2.56 bits per heavy atom. The molecule has 36 heavy (non-hydrogen) atoms. The summed E-state index contributed by atoms with van der Waals surface area (Å²) in [6.45, 7) is 4.37. The van der Waals surface area contributed by atoms with Gasteiger partial charge in [0, 0.05) is 62.9 Å². The van der Waals surface area contributed by atoms with E-state index in [1.165, 1.54) is 23.7 Å². The number of anilines is 2. The fraction of sp³-hybridized carbons (Fsp3) is 0.375. The molecule has 0 spiro atoms. The number of carbonyl (C=O) groups excluding carboxylic acids is 1. The van der Waals surface area contributed by atoms with Gasteiger partial charge in [-0.25, -0.2) is 9.78 Å². The molecule has 0 radical (unpaired) electrons. The summed E-state index contributed by atoms with van der Waals surface area (Å²) in [4.78, 5) is 21.2. The average molecular weight is 521 g/mol. The Hall–Kier alpha value is -3.38. The number of halogens is 3. The van der Waals surface area contributed by atoms with Crippen molar-refractivity contribution in [1.29, 1.82) is 0 Å². The van der Waals surface area contributed by atoms with E-state index in [0.29, 0.717) is 25.2 Å². The van der Waals surface area contributed by atoms with Crippen molar-refractivity contribution in [2.75, 3.05) is 56.6 Å². The first-order valence-electron chi connectivity index (χ1n) is 11.4. The smallest absolute Gasteiger partial charge is 0.416 e. The number of amides is 2. The van der Waals surface area contributed by atoms with Crippen LogP contribution < -0.4 is 20.3 Å². The lowest BCUT2D eigenvalue weighted by atomic mass is 10.1. The summed E-state index contributed by atoms with van der Waals surface area (Å²) in [6, 6.07) is 11.8. The van der Waals surface area contributed by atoms with Crippen LogP contribution in [0.15, 0.2) is 48.5 Å². The maximum absolute atomic E-state index is 12.6. The van der Waals surface area contributed by atoms with E-state index in [1.54, 1.807) is 7.11 Å². The zero-order valence-electron chi connectivity index (χ0n) is 19.7. The molecule has 1 saturated heterocycles. The molecule has 3 aromatic rings. The van der Waals surface area contributed by atoms with Crippen LogP contribution in [0.5, 0.6) is 5.75 Å². The van der Waals surface area contributed by atoms with Gasteiger partial charge in [-0.3, -0.25) is 4.90 Å². The summed E-state index contributed by atoms with van der Waals surface area (Å²) in [7, 11) is 1.64. The van der Waals surface area contributed by atoms with Crippen LogP contribution in [0.3, 0.4) is 0 Å². The number of methoxy groups -OCH3 is 1. The van der Waals surface area contributed by atoms with E-state index in [0.717, 1.165) is 60.6 Å². The molecule has 8 nitrogen and oxygen atoms in total. The molecular formula is C24H27F3N6O2S. The van der Waals surface area contributed by atoms with Crippen molar-refractivity contribution >= 4 is 28.4 Å². The number of benzene rings is 2. The minimum atomic E-state index is -4.40. The van der Waals surface area contributed by atoms with Gasteiger partial charge in [0.25, 0.3) is 0 Å². The molecule has 0 atom stereocenters. The van der Waals surface area contributed by atoms with E-state index in [4.69, 9.17) is 9.72 Å². The number of ether oxygens (including phenoxy) is 1. The molecule has 192 valence electrons. The standard InChI is InChI=1S/C24H27F3N6O2S/c1-35-20-4-2-3-17(15-20)16-21-30-23(36-31-21)33-13-11-32(12-14-33)10-9-28-22(34)29-19-7-5-18(6-8-19)24(25,26)27/h2-8,15H,9-14,16H2,1H3,(H2,28,29,34). The number of carbonyl (C=O) groups is 1. The van der Waals surface area contributed by atoms with Crippen molar-refractivity contribution in [1.82, 2.24) is 19.6 Å². The van der Waals surface area contributed by atoms with E-state index >= 15 is 0 Å². The van der Waals surface area contributed by atoms with Gasteiger partial charge in [-0.05, 0) is 42.0 Å². The van der Waals surface area contributed by atoms with Gasteiger partial charge in [-0.15, -0.1) is 0 Å². The molecule has 1 aromatic heterocycles. The minimum Gasteiger partial charge on any atom is -0.497 e. The molecule has 1 aliphatic rings. The van der Waals surface area contributed by atoms with Gasteiger partial charge in [0.2, 0.25) is 5.13 Å². The SMILES string of the molecule is COc1cccc(Cc2nsc(N3CCN(CCNC(=O)Nc4ccc(C(F)(F)F)cc4)CC3)n2)c1.